The third-order valence-electron chi connectivity index (χ3n) is 19.0. The van der Waals surface area contributed by atoms with E-state index in [0.717, 1.165) is 60.5 Å². The van der Waals surface area contributed by atoms with E-state index in [-0.39, 0.29) is 75.7 Å². The predicted octanol–water partition coefficient (Wildman–Crippen LogP) is 4.92. The molecule has 3 saturated carbocycles. The highest BCUT2D eigenvalue weighted by Gasteiger charge is 2.50. The molecular weight excluding hydrogens is 1190 g/mol. The zero-order chi connectivity index (χ0) is 66.7. The van der Waals surface area contributed by atoms with E-state index >= 15 is 0 Å². The smallest absolute Gasteiger partial charge is 0.351 e. The second-order valence-electron chi connectivity index (χ2n) is 26.9. The highest BCUT2D eigenvalue weighted by atomic mass is 35.5. The van der Waals surface area contributed by atoms with E-state index in [4.69, 9.17) is 11.6 Å². The standard InChI is InChI=1S/C64H97ClF3N11O11/c1-38(2)31-48-56(84)71-54(43-21-17-22-43)61(89)75(8)36-52(82)73(6)37-53(83)77(10)49(34-41-19-13-12-14-20-41)60(88)74(7)35-50(80)70-46(27-25-42-24-26-44(45(65)33-42)64(66,67)68)59(87)79-30-18-23-47(79)57(85)72-63(28-15-16-29-63)62(90)78(11)55(39(3)4)58(86)69-40(5)32-51(81)76(48)9/h24,26,33,38-41,43,46-49,54-55H,12-23,25,27-32,34-37H2,1-11H3,(H,69,86)(H,70,80)(H,71,84)(H,72,85)/t40-,46+,47?,48+,49+,54+,55+/m1/s1. The summed E-state index contributed by atoms with van der Waals surface area (Å²) in [5.41, 5.74) is -2.24. The van der Waals surface area contributed by atoms with E-state index in [9.17, 15) is 65.9 Å². The quantitative estimate of drug-likeness (QED) is 0.258. The van der Waals surface area contributed by atoms with Crippen LogP contribution in [0.4, 0.5) is 13.2 Å². The van der Waals surface area contributed by atoms with E-state index in [1.165, 1.54) is 72.9 Å². The van der Waals surface area contributed by atoms with Gasteiger partial charge in [0.1, 0.15) is 41.8 Å². The Bertz CT molecular complexity index is 2790. The van der Waals surface area contributed by atoms with Gasteiger partial charge < -0.3 is 55.6 Å². The SMILES string of the molecule is CC(C)C[C@H]1C(=O)N[C@@H](C2CCC2)C(=O)N(C)CC(=O)N(C)CC(=O)N(C)[C@@H](CC2CCCCC2)C(=O)N(C)CC(=O)N[C@@H](CCc2ccc(C(F)(F)F)c(Cl)c2)C(=O)N2CCCC2C(=O)NC2(CCCC2)C(=O)N(C)[C@@H](C(C)C)C(=O)N[C@H](C)CC(=O)N1C. The van der Waals surface area contributed by atoms with Crippen LogP contribution in [0.5, 0.6) is 0 Å². The van der Waals surface area contributed by atoms with Crippen LogP contribution < -0.4 is 21.3 Å². The summed E-state index contributed by atoms with van der Waals surface area (Å²) in [6, 6.07) is -4.44. The summed E-state index contributed by atoms with van der Waals surface area (Å²) >= 11 is 6.11. The maximum atomic E-state index is 15.0. The normalized spacial score (nSPS) is 26.9. The van der Waals surface area contributed by atoms with E-state index < -0.39 is 155 Å². The zero-order valence-electron chi connectivity index (χ0n) is 54.5. The van der Waals surface area contributed by atoms with E-state index in [1.807, 2.05) is 13.8 Å². The Morgan fingerprint density at radius 1 is 0.633 bits per heavy atom. The monoisotopic (exact) mass is 1290 g/mol. The van der Waals surface area contributed by atoms with Gasteiger partial charge in [-0.05, 0) is 112 Å². The lowest BCUT2D eigenvalue weighted by Crippen LogP contribution is -2.64. The number of fused-ring (bicyclic) bond motifs is 1. The number of nitrogens with one attached hydrogen (secondary N) is 4. The van der Waals surface area contributed by atoms with Crippen molar-refractivity contribution >= 4 is 76.6 Å². The van der Waals surface area contributed by atoms with Crippen molar-refractivity contribution in [2.45, 2.75) is 211 Å². The summed E-state index contributed by atoms with van der Waals surface area (Å²) in [6.07, 6.45) is 3.75. The van der Waals surface area contributed by atoms with Crippen LogP contribution in [-0.4, -0.2) is 216 Å². The number of halogens is 4. The first kappa shape index (κ1) is 72.5. The van der Waals surface area contributed by atoms with Crippen molar-refractivity contribution in [3.05, 3.63) is 34.3 Å². The molecule has 0 aromatic heterocycles. The number of hydrogen-bond donors (Lipinski definition) is 4. The number of aryl methyl sites for hydroxylation is 1. The third kappa shape index (κ3) is 18.4. The number of nitrogens with zero attached hydrogens (tertiary/aromatic N) is 7. The zero-order valence-corrected chi connectivity index (χ0v) is 55.2. The van der Waals surface area contributed by atoms with Gasteiger partial charge in [0.2, 0.25) is 65.0 Å². The molecule has 1 aromatic carbocycles. The van der Waals surface area contributed by atoms with Gasteiger partial charge in [-0.25, -0.2) is 0 Å². The Balaban J connectivity index is 1.35. The molecule has 26 heteroatoms. The van der Waals surface area contributed by atoms with E-state index in [1.54, 1.807) is 20.8 Å². The van der Waals surface area contributed by atoms with Gasteiger partial charge >= 0.3 is 6.18 Å². The summed E-state index contributed by atoms with van der Waals surface area (Å²) < 4.78 is 41.3. The van der Waals surface area contributed by atoms with Crippen molar-refractivity contribution in [2.24, 2.45) is 23.7 Å². The molecular formula is C64H97ClF3N11O11. The predicted molar refractivity (Wildman–Crippen MR) is 330 cm³/mol. The summed E-state index contributed by atoms with van der Waals surface area (Å²) in [5.74, 6) is -7.45. The van der Waals surface area contributed by atoms with Crippen LogP contribution in [0.1, 0.15) is 161 Å². The lowest BCUT2D eigenvalue weighted by molar-refractivity contribution is -0.149. The minimum absolute atomic E-state index is 0.0386. The van der Waals surface area contributed by atoms with Crippen LogP contribution in [0.15, 0.2) is 18.2 Å². The van der Waals surface area contributed by atoms with Crippen molar-refractivity contribution in [3.63, 3.8) is 0 Å². The highest BCUT2D eigenvalue weighted by molar-refractivity contribution is 6.31. The van der Waals surface area contributed by atoms with Gasteiger partial charge in [0.15, 0.2) is 0 Å². The fourth-order valence-electron chi connectivity index (χ4n) is 13.5. The maximum Gasteiger partial charge on any atom is 0.417 e. The fraction of sp³-hybridized carbons (Fsp3) is 0.734. The number of likely N-dealkylation sites (N-methyl/N-ethyl adjacent to an activating group) is 6. The average Bonchev–Trinajstić information content (AvgIpc) is 1.52. The van der Waals surface area contributed by atoms with Crippen molar-refractivity contribution < 1.29 is 65.9 Å². The molecule has 0 bridgehead atoms. The van der Waals surface area contributed by atoms with E-state index in [0.29, 0.717) is 37.7 Å². The molecule has 1 spiro atoms. The van der Waals surface area contributed by atoms with Crippen molar-refractivity contribution in [3.8, 4) is 0 Å². The molecule has 0 radical (unpaired) electrons. The molecule has 502 valence electrons. The molecule has 3 aliphatic carbocycles. The molecule has 2 saturated heterocycles. The van der Waals surface area contributed by atoms with E-state index in [2.05, 4.69) is 21.3 Å². The molecule has 22 nitrogen and oxygen atoms in total. The Kier molecular flexibility index (Phi) is 25.5. The third-order valence-corrected chi connectivity index (χ3v) is 19.4. The van der Waals surface area contributed by atoms with Gasteiger partial charge in [-0.1, -0.05) is 96.7 Å². The van der Waals surface area contributed by atoms with Crippen LogP contribution >= 0.6 is 11.6 Å². The number of benzene rings is 1. The Labute approximate surface area is 533 Å². The maximum absolute atomic E-state index is 15.0. The van der Waals surface area contributed by atoms with Crippen LogP contribution in [0.25, 0.3) is 0 Å². The number of carbonyl (C=O) groups excluding carboxylic acids is 11. The Morgan fingerprint density at radius 3 is 1.84 bits per heavy atom. The fourth-order valence-corrected chi connectivity index (χ4v) is 13.8. The molecule has 5 aliphatic rings. The largest absolute Gasteiger partial charge is 0.417 e. The first-order chi connectivity index (χ1) is 42.2. The number of hydrogen-bond acceptors (Lipinski definition) is 11. The number of alkyl halides is 3. The van der Waals surface area contributed by atoms with Crippen molar-refractivity contribution in [1.82, 2.24) is 55.6 Å². The molecule has 7 atom stereocenters. The molecule has 90 heavy (non-hydrogen) atoms. The Morgan fingerprint density at radius 2 is 1.26 bits per heavy atom. The molecule has 2 heterocycles. The van der Waals surface area contributed by atoms with Crippen molar-refractivity contribution in [1.29, 1.82) is 0 Å². The summed E-state index contributed by atoms with van der Waals surface area (Å²) in [5, 5.41) is 11.0. The number of carbonyl (C=O) groups is 11. The Hall–Kier alpha value is -6.53. The number of rotatable bonds is 9. The van der Waals surface area contributed by atoms with Crippen LogP contribution in [0.3, 0.4) is 0 Å². The molecule has 11 amide bonds. The molecule has 6 rings (SSSR count). The summed E-state index contributed by atoms with van der Waals surface area (Å²) in [6.45, 7) is 7.42. The topological polar surface area (TPSA) is 259 Å². The van der Waals surface area contributed by atoms with Gasteiger partial charge in [-0.2, -0.15) is 13.2 Å². The second-order valence-corrected chi connectivity index (χ2v) is 27.3. The van der Waals surface area contributed by atoms with Crippen molar-refractivity contribution in [2.75, 3.05) is 68.5 Å². The molecule has 1 unspecified atom stereocenters. The van der Waals surface area contributed by atoms with Crippen LogP contribution in [0.2, 0.25) is 5.02 Å². The summed E-state index contributed by atoms with van der Waals surface area (Å²) in [7, 11) is 8.61. The second kappa shape index (κ2) is 31.7. The highest BCUT2D eigenvalue weighted by Crippen LogP contribution is 2.37. The molecule has 4 N–H and O–H groups in total. The van der Waals surface area contributed by atoms with Gasteiger partial charge in [-0.3, -0.25) is 52.7 Å². The van der Waals surface area contributed by atoms with Crippen LogP contribution in [0, 0.1) is 23.7 Å². The molecule has 1 aromatic rings. The van der Waals surface area contributed by atoms with Crippen LogP contribution in [-0.2, 0) is 65.3 Å². The lowest BCUT2D eigenvalue weighted by atomic mass is 9.79. The average molecular weight is 1290 g/mol. The number of amides is 11. The first-order valence-electron chi connectivity index (χ1n) is 32.2. The molecule has 5 fully saturated rings. The minimum atomic E-state index is -4.74. The minimum Gasteiger partial charge on any atom is -0.351 e. The van der Waals surface area contributed by atoms with Gasteiger partial charge in [0.05, 0.1) is 30.2 Å². The lowest BCUT2D eigenvalue weighted by Gasteiger charge is -2.39. The van der Waals surface area contributed by atoms with Gasteiger partial charge in [-0.15, -0.1) is 0 Å². The first-order valence-corrected chi connectivity index (χ1v) is 32.5. The summed E-state index contributed by atoms with van der Waals surface area (Å²) in [4.78, 5) is 168. The van der Waals surface area contributed by atoms with Gasteiger partial charge in [0, 0.05) is 61.3 Å². The van der Waals surface area contributed by atoms with Gasteiger partial charge in [0.25, 0.3) is 0 Å². The molecule has 2 aliphatic heterocycles.